The van der Waals surface area contributed by atoms with Crippen molar-refractivity contribution in [1.29, 1.82) is 0 Å². The van der Waals surface area contributed by atoms with Crippen molar-refractivity contribution in [2.45, 2.75) is 136 Å². The molecule has 1 unspecified atom stereocenters. The third kappa shape index (κ3) is 7.02. The minimum Gasteiger partial charge on any atom is -0.480 e. The summed E-state index contributed by atoms with van der Waals surface area (Å²) in [4.78, 5) is 62.4. The molecule has 0 radical (unpaired) electrons. The zero-order chi connectivity index (χ0) is 31.7. The number of carboxylic acid groups (broad SMARTS) is 1. The molecule has 5 aliphatic rings. The Morgan fingerprint density at radius 1 is 1.00 bits per heavy atom. The molecule has 5 rings (SSSR count). The molecule has 11 atom stereocenters. The van der Waals surface area contributed by atoms with Gasteiger partial charge in [-0.1, -0.05) is 48.0 Å². The highest BCUT2D eigenvalue weighted by Gasteiger charge is 2.69. The summed E-state index contributed by atoms with van der Waals surface area (Å²) in [6.07, 6.45) is 2.31. The van der Waals surface area contributed by atoms with Crippen LogP contribution in [0.2, 0.25) is 0 Å². The first-order valence-corrected chi connectivity index (χ1v) is 15.9. The van der Waals surface area contributed by atoms with E-state index in [9.17, 15) is 24.3 Å². The van der Waals surface area contributed by atoms with Crippen molar-refractivity contribution in [3.05, 3.63) is 0 Å². The first-order valence-electron chi connectivity index (χ1n) is 15.9. The Morgan fingerprint density at radius 3 is 2.37 bits per heavy atom. The lowest BCUT2D eigenvalue weighted by Crippen LogP contribution is -2.70. The van der Waals surface area contributed by atoms with Gasteiger partial charge in [-0.3, -0.25) is 14.4 Å². The Balaban J connectivity index is 1.35. The number of fused-ring (bicyclic) bond motifs is 2. The van der Waals surface area contributed by atoms with E-state index in [0.717, 1.165) is 19.3 Å². The summed E-state index contributed by atoms with van der Waals surface area (Å²) in [5, 5.41) is 14.8. The lowest BCUT2D eigenvalue weighted by Gasteiger charge is -2.59. The monoisotopic (exact) mass is 610 g/mol. The molecule has 0 aromatic heterocycles. The lowest BCUT2D eigenvalue weighted by molar-refractivity contribution is -0.576. The van der Waals surface area contributed by atoms with Gasteiger partial charge in [0.1, 0.15) is 12.1 Å². The fraction of sp³-hybridized carbons (Fsp3) is 0.871. The SMILES string of the molecule is CCC(C)[C@H](NC(=O)[C@H](CC(C)C)NC(=O)CCC(=O)O[C@@H]1O[C@@H]2O[C@@]3(C)CC[C@H]4[C@H](C)CC[C@@H]([C@H]1C)[C@@]24OO3)C(=O)O. The normalized spacial score (nSPS) is 36.9. The summed E-state index contributed by atoms with van der Waals surface area (Å²) in [6, 6.07) is -1.99. The molecule has 1 spiro atoms. The van der Waals surface area contributed by atoms with Crippen molar-refractivity contribution < 1.29 is 48.3 Å². The summed E-state index contributed by atoms with van der Waals surface area (Å²) in [5.41, 5.74) is -0.767. The summed E-state index contributed by atoms with van der Waals surface area (Å²) in [5.74, 6) is -3.55. The van der Waals surface area contributed by atoms with E-state index in [0.29, 0.717) is 25.2 Å². The van der Waals surface area contributed by atoms with Crippen molar-refractivity contribution in [1.82, 2.24) is 10.6 Å². The van der Waals surface area contributed by atoms with E-state index in [2.05, 4.69) is 17.6 Å². The average molecular weight is 611 g/mol. The first-order chi connectivity index (χ1) is 20.2. The van der Waals surface area contributed by atoms with Gasteiger partial charge < -0.3 is 30.0 Å². The number of amides is 2. The van der Waals surface area contributed by atoms with Gasteiger partial charge in [-0.25, -0.2) is 14.6 Å². The number of nitrogens with one attached hydrogen (secondary N) is 2. The van der Waals surface area contributed by atoms with Crippen LogP contribution in [0.3, 0.4) is 0 Å². The third-order valence-corrected chi connectivity index (χ3v) is 10.0. The summed E-state index contributed by atoms with van der Waals surface area (Å²) < 4.78 is 18.4. The second-order valence-electron chi connectivity index (χ2n) is 13.7. The van der Waals surface area contributed by atoms with Crippen LogP contribution in [0.15, 0.2) is 0 Å². The van der Waals surface area contributed by atoms with Crippen LogP contribution in [0.1, 0.15) is 99.8 Å². The number of carbonyl (C=O) groups excluding carboxylic acids is 3. The molecule has 43 heavy (non-hydrogen) atoms. The Morgan fingerprint density at radius 2 is 1.72 bits per heavy atom. The Labute approximate surface area is 254 Å². The molecule has 4 heterocycles. The number of hydrogen-bond acceptors (Lipinski definition) is 9. The van der Waals surface area contributed by atoms with Gasteiger partial charge >= 0.3 is 11.9 Å². The van der Waals surface area contributed by atoms with Crippen molar-refractivity contribution in [2.24, 2.45) is 35.5 Å². The molecule has 4 saturated heterocycles. The molecule has 12 heteroatoms. The highest BCUT2D eigenvalue weighted by Crippen LogP contribution is 2.60. The Kier molecular flexibility index (Phi) is 10.5. The maximum absolute atomic E-state index is 13.0. The van der Waals surface area contributed by atoms with Crippen LogP contribution in [0.5, 0.6) is 0 Å². The quantitative estimate of drug-likeness (QED) is 0.220. The van der Waals surface area contributed by atoms with Gasteiger partial charge in [0.2, 0.25) is 23.9 Å². The molecule has 1 aliphatic carbocycles. The molecule has 0 aromatic rings. The zero-order valence-electron chi connectivity index (χ0n) is 26.6. The van der Waals surface area contributed by atoms with Crippen LogP contribution >= 0.6 is 0 Å². The number of esters is 1. The predicted octanol–water partition coefficient (Wildman–Crippen LogP) is 3.66. The lowest BCUT2D eigenvalue weighted by atomic mass is 9.58. The molecule has 2 amide bonds. The molecule has 12 nitrogen and oxygen atoms in total. The van der Waals surface area contributed by atoms with E-state index < -0.39 is 59.8 Å². The Bertz CT molecular complexity index is 1050. The second-order valence-corrected chi connectivity index (χ2v) is 13.7. The van der Waals surface area contributed by atoms with E-state index in [-0.39, 0.29) is 42.4 Å². The van der Waals surface area contributed by atoms with Gasteiger partial charge in [0, 0.05) is 24.7 Å². The molecular formula is C31H50N2O10. The fourth-order valence-corrected chi connectivity index (χ4v) is 7.32. The number of aliphatic carboxylic acids is 1. The van der Waals surface area contributed by atoms with E-state index in [1.807, 2.05) is 34.6 Å². The topological polar surface area (TPSA) is 159 Å². The second kappa shape index (κ2) is 13.4. The van der Waals surface area contributed by atoms with Crippen LogP contribution in [0.4, 0.5) is 0 Å². The highest BCUT2D eigenvalue weighted by molar-refractivity contribution is 5.91. The number of carboxylic acids is 1. The maximum Gasteiger partial charge on any atom is 0.326 e. The molecule has 5 fully saturated rings. The number of rotatable bonds is 12. The molecule has 244 valence electrons. The van der Waals surface area contributed by atoms with E-state index in [1.54, 1.807) is 6.92 Å². The van der Waals surface area contributed by atoms with E-state index in [1.165, 1.54) is 0 Å². The molecule has 3 N–H and O–H groups in total. The number of hydrogen-bond donors (Lipinski definition) is 3. The van der Waals surface area contributed by atoms with E-state index in [4.69, 9.17) is 24.0 Å². The van der Waals surface area contributed by atoms with Crippen molar-refractivity contribution in [3.63, 3.8) is 0 Å². The van der Waals surface area contributed by atoms with Crippen LogP contribution in [0.25, 0.3) is 0 Å². The molecule has 2 bridgehead atoms. The molecule has 4 aliphatic heterocycles. The van der Waals surface area contributed by atoms with Crippen molar-refractivity contribution in [3.8, 4) is 0 Å². The zero-order valence-corrected chi connectivity index (χ0v) is 26.6. The smallest absolute Gasteiger partial charge is 0.326 e. The summed E-state index contributed by atoms with van der Waals surface area (Å²) >= 11 is 0. The van der Waals surface area contributed by atoms with Gasteiger partial charge in [0.15, 0.2) is 11.9 Å². The van der Waals surface area contributed by atoms with Gasteiger partial charge in [-0.05, 0) is 56.3 Å². The third-order valence-electron chi connectivity index (χ3n) is 10.0. The highest BCUT2D eigenvalue weighted by atomic mass is 17.3. The van der Waals surface area contributed by atoms with Crippen molar-refractivity contribution >= 4 is 23.8 Å². The minimum absolute atomic E-state index is 0.00319. The largest absolute Gasteiger partial charge is 0.480 e. The molecular weight excluding hydrogens is 560 g/mol. The van der Waals surface area contributed by atoms with Crippen molar-refractivity contribution in [2.75, 3.05) is 0 Å². The summed E-state index contributed by atoms with van der Waals surface area (Å²) in [7, 11) is 0. The van der Waals surface area contributed by atoms with Gasteiger partial charge in [0.25, 0.3) is 0 Å². The van der Waals surface area contributed by atoms with Crippen LogP contribution in [-0.2, 0) is 43.2 Å². The average Bonchev–Trinajstić information content (AvgIpc) is 3.17. The standard InChI is InChI=1S/C31H50N2O10/c1-8-17(4)25(27(37)38)33-26(36)22(15-16(2)3)32-23(34)11-12-24(35)39-28-19(6)21-10-9-18(5)20-13-14-30(7)41-29(40-28)31(20,21)43-42-30/h16-22,25,28-29H,8-15H2,1-7H3,(H,32,34)(H,33,36)(H,37,38)/t17?,18-,19-,20+,21+,22+,25+,28-,29-,30-,31-/m1/s1. The van der Waals surface area contributed by atoms with Gasteiger partial charge in [-0.15, -0.1) is 0 Å². The fourth-order valence-electron chi connectivity index (χ4n) is 7.32. The number of ether oxygens (including phenoxy) is 3. The molecule has 0 aromatic carbocycles. The van der Waals surface area contributed by atoms with Crippen LogP contribution < -0.4 is 10.6 Å². The maximum atomic E-state index is 13.0. The summed E-state index contributed by atoms with van der Waals surface area (Å²) in [6.45, 7) is 13.4. The first kappa shape index (κ1) is 33.6. The Hall–Kier alpha value is -2.28. The van der Waals surface area contributed by atoms with E-state index >= 15 is 0 Å². The van der Waals surface area contributed by atoms with Crippen LogP contribution in [0, 0.1) is 35.5 Å². The van der Waals surface area contributed by atoms with Gasteiger partial charge in [0.05, 0.1) is 6.42 Å². The minimum atomic E-state index is -1.13. The predicted molar refractivity (Wildman–Crippen MR) is 153 cm³/mol. The number of carbonyl (C=O) groups is 4. The van der Waals surface area contributed by atoms with Crippen LogP contribution in [-0.4, -0.2) is 64.9 Å². The molecule has 1 saturated carbocycles. The van der Waals surface area contributed by atoms with Gasteiger partial charge in [-0.2, -0.15) is 0 Å².